The van der Waals surface area contributed by atoms with Gasteiger partial charge in [0.15, 0.2) is 6.10 Å². The Labute approximate surface area is 138 Å². The number of hydrogen-bond acceptors (Lipinski definition) is 2. The maximum Gasteiger partial charge on any atom is 0.265 e. The molecule has 0 bridgehead atoms. The van der Waals surface area contributed by atoms with Gasteiger partial charge in [0.2, 0.25) is 0 Å². The van der Waals surface area contributed by atoms with Crippen LogP contribution in [-0.2, 0) is 4.79 Å². The van der Waals surface area contributed by atoms with E-state index >= 15 is 0 Å². The highest BCUT2D eigenvalue weighted by Crippen LogP contribution is 2.23. The molecule has 116 valence electrons. The third-order valence-corrected chi connectivity index (χ3v) is 3.71. The quantitative estimate of drug-likeness (QED) is 0.863. The first kappa shape index (κ1) is 16.6. The molecule has 2 aromatic rings. The van der Waals surface area contributed by atoms with E-state index in [0.717, 1.165) is 5.56 Å². The second-order valence-corrected chi connectivity index (χ2v) is 5.60. The minimum absolute atomic E-state index is 0.0558. The van der Waals surface area contributed by atoms with Gasteiger partial charge in [-0.15, -0.1) is 0 Å². The van der Waals surface area contributed by atoms with E-state index in [0.29, 0.717) is 16.5 Å². The molecule has 0 spiro atoms. The topological polar surface area (TPSA) is 38.3 Å². The summed E-state index contributed by atoms with van der Waals surface area (Å²) in [7, 11) is 0. The molecule has 1 N–H and O–H groups in total. The third-order valence-electron chi connectivity index (χ3n) is 3.00. The largest absolute Gasteiger partial charge is 0.481 e. The van der Waals surface area contributed by atoms with E-state index in [2.05, 4.69) is 5.32 Å². The number of carbonyl (C=O) groups excluding carboxylic acids is 1. The Morgan fingerprint density at radius 3 is 2.55 bits per heavy atom. The van der Waals surface area contributed by atoms with Crippen molar-refractivity contribution in [3.05, 3.63) is 57.8 Å². The van der Waals surface area contributed by atoms with Crippen LogP contribution in [0.1, 0.15) is 12.5 Å². The summed E-state index contributed by atoms with van der Waals surface area (Å²) >= 11 is 11.6. The maximum absolute atomic E-state index is 13.1. The van der Waals surface area contributed by atoms with Crippen LogP contribution in [0.25, 0.3) is 0 Å². The first-order chi connectivity index (χ1) is 10.4. The van der Waals surface area contributed by atoms with Gasteiger partial charge < -0.3 is 10.1 Å². The van der Waals surface area contributed by atoms with Crippen LogP contribution in [0.4, 0.5) is 10.1 Å². The predicted molar refractivity (Wildman–Crippen MR) is 86.3 cm³/mol. The zero-order valence-corrected chi connectivity index (χ0v) is 13.5. The van der Waals surface area contributed by atoms with Crippen LogP contribution in [0.2, 0.25) is 10.0 Å². The van der Waals surface area contributed by atoms with Crippen molar-refractivity contribution >= 4 is 34.8 Å². The average molecular weight is 342 g/mol. The lowest BCUT2D eigenvalue weighted by atomic mass is 10.2. The Kier molecular flexibility index (Phi) is 5.27. The summed E-state index contributed by atoms with van der Waals surface area (Å²) in [5.74, 6) is -0.363. The summed E-state index contributed by atoms with van der Waals surface area (Å²) in [4.78, 5) is 12.1. The molecule has 0 aromatic heterocycles. The number of nitrogens with one attached hydrogen (secondary N) is 1. The predicted octanol–water partition coefficient (Wildman–Crippen LogP) is 4.85. The van der Waals surface area contributed by atoms with Crippen molar-refractivity contribution in [2.75, 3.05) is 5.32 Å². The van der Waals surface area contributed by atoms with Crippen molar-refractivity contribution in [3.63, 3.8) is 0 Å². The summed E-state index contributed by atoms with van der Waals surface area (Å²) in [5, 5.41) is 3.19. The number of carbonyl (C=O) groups is 1. The number of halogens is 3. The minimum atomic E-state index is -0.732. The molecule has 22 heavy (non-hydrogen) atoms. The standard InChI is InChI=1S/C16H14Cl2FNO2/c1-9-7-12(4-5-13(9)17)22-10(2)16(21)20-11-3-6-15(19)14(18)8-11/h3-8,10H,1-2H3,(H,20,21). The zero-order valence-electron chi connectivity index (χ0n) is 12.0. The van der Waals surface area contributed by atoms with E-state index in [4.69, 9.17) is 27.9 Å². The lowest BCUT2D eigenvalue weighted by Gasteiger charge is -2.15. The molecule has 1 unspecified atom stereocenters. The highest BCUT2D eigenvalue weighted by atomic mass is 35.5. The molecule has 0 heterocycles. The third kappa shape index (κ3) is 4.12. The van der Waals surface area contributed by atoms with Gasteiger partial charge in [-0.2, -0.15) is 0 Å². The molecule has 3 nitrogen and oxygen atoms in total. The van der Waals surface area contributed by atoms with Gasteiger partial charge in [-0.25, -0.2) is 4.39 Å². The van der Waals surface area contributed by atoms with Gasteiger partial charge in [0.05, 0.1) is 5.02 Å². The molecule has 0 aliphatic carbocycles. The first-order valence-corrected chi connectivity index (χ1v) is 7.31. The number of rotatable bonds is 4. The summed E-state index contributed by atoms with van der Waals surface area (Å²) in [5.41, 5.74) is 1.26. The Morgan fingerprint density at radius 2 is 1.91 bits per heavy atom. The fraction of sp³-hybridized carbons (Fsp3) is 0.188. The van der Waals surface area contributed by atoms with E-state index in [9.17, 15) is 9.18 Å². The van der Waals surface area contributed by atoms with Crippen LogP contribution < -0.4 is 10.1 Å². The summed E-state index contributed by atoms with van der Waals surface area (Å²) in [6, 6.07) is 9.10. The van der Waals surface area contributed by atoms with Crippen LogP contribution in [0.5, 0.6) is 5.75 Å². The van der Waals surface area contributed by atoms with Gasteiger partial charge in [-0.1, -0.05) is 23.2 Å². The fourth-order valence-electron chi connectivity index (χ4n) is 1.77. The number of ether oxygens (including phenoxy) is 1. The number of benzene rings is 2. The van der Waals surface area contributed by atoms with Gasteiger partial charge in [0.25, 0.3) is 5.91 Å². The molecule has 0 saturated heterocycles. The molecule has 0 aliphatic heterocycles. The van der Waals surface area contributed by atoms with Crippen LogP contribution >= 0.6 is 23.2 Å². The van der Waals surface area contributed by atoms with E-state index in [1.807, 2.05) is 6.92 Å². The minimum Gasteiger partial charge on any atom is -0.481 e. The fourth-order valence-corrected chi connectivity index (χ4v) is 2.06. The van der Waals surface area contributed by atoms with E-state index in [-0.39, 0.29) is 10.9 Å². The summed E-state index contributed by atoms with van der Waals surface area (Å²) < 4.78 is 18.6. The van der Waals surface area contributed by atoms with Gasteiger partial charge in [-0.05, 0) is 55.8 Å². The van der Waals surface area contributed by atoms with E-state index in [1.165, 1.54) is 18.2 Å². The van der Waals surface area contributed by atoms with Crippen LogP contribution in [0.3, 0.4) is 0 Å². The number of hydrogen-bond donors (Lipinski definition) is 1. The molecule has 2 rings (SSSR count). The van der Waals surface area contributed by atoms with Gasteiger partial charge >= 0.3 is 0 Å². The first-order valence-electron chi connectivity index (χ1n) is 6.55. The van der Waals surface area contributed by atoms with Crippen LogP contribution in [-0.4, -0.2) is 12.0 Å². The molecular formula is C16H14Cl2FNO2. The van der Waals surface area contributed by atoms with Crippen molar-refractivity contribution in [3.8, 4) is 5.75 Å². The lowest BCUT2D eigenvalue weighted by Crippen LogP contribution is -2.30. The molecule has 1 amide bonds. The second kappa shape index (κ2) is 6.99. The van der Waals surface area contributed by atoms with Crippen molar-refractivity contribution in [2.24, 2.45) is 0 Å². The molecule has 1 atom stereocenters. The van der Waals surface area contributed by atoms with E-state index in [1.54, 1.807) is 25.1 Å². The molecule has 6 heteroatoms. The van der Waals surface area contributed by atoms with Gasteiger partial charge in [0.1, 0.15) is 11.6 Å². The lowest BCUT2D eigenvalue weighted by molar-refractivity contribution is -0.122. The monoisotopic (exact) mass is 341 g/mol. The number of anilines is 1. The summed E-state index contributed by atoms with van der Waals surface area (Å²) in [6.07, 6.45) is -0.732. The van der Waals surface area contributed by atoms with Gasteiger partial charge in [0, 0.05) is 10.7 Å². The molecule has 0 saturated carbocycles. The van der Waals surface area contributed by atoms with E-state index < -0.39 is 11.9 Å². The second-order valence-electron chi connectivity index (χ2n) is 4.79. The average Bonchev–Trinajstić information content (AvgIpc) is 2.46. The van der Waals surface area contributed by atoms with Gasteiger partial charge in [-0.3, -0.25) is 4.79 Å². The molecular weight excluding hydrogens is 328 g/mol. The highest BCUT2D eigenvalue weighted by Gasteiger charge is 2.15. The number of aryl methyl sites for hydroxylation is 1. The summed E-state index contributed by atoms with van der Waals surface area (Å²) in [6.45, 7) is 3.46. The SMILES string of the molecule is Cc1cc(OC(C)C(=O)Nc2ccc(F)c(Cl)c2)ccc1Cl. The Bertz CT molecular complexity index is 707. The van der Waals surface area contributed by atoms with Crippen LogP contribution in [0.15, 0.2) is 36.4 Å². The molecule has 0 fully saturated rings. The Balaban J connectivity index is 2.02. The molecule has 0 radical (unpaired) electrons. The van der Waals surface area contributed by atoms with Crippen molar-refractivity contribution in [1.29, 1.82) is 0 Å². The van der Waals surface area contributed by atoms with Crippen molar-refractivity contribution < 1.29 is 13.9 Å². The number of amides is 1. The zero-order chi connectivity index (χ0) is 16.3. The maximum atomic E-state index is 13.1. The Morgan fingerprint density at radius 1 is 1.18 bits per heavy atom. The van der Waals surface area contributed by atoms with Crippen molar-refractivity contribution in [2.45, 2.75) is 20.0 Å². The normalized spacial score (nSPS) is 11.9. The smallest absolute Gasteiger partial charge is 0.265 e. The molecule has 0 aliphatic rings. The molecule has 2 aromatic carbocycles. The Hall–Kier alpha value is -1.78. The highest BCUT2D eigenvalue weighted by molar-refractivity contribution is 6.31. The van der Waals surface area contributed by atoms with Crippen LogP contribution in [0, 0.1) is 12.7 Å². The van der Waals surface area contributed by atoms with Crippen molar-refractivity contribution in [1.82, 2.24) is 0 Å².